The molecule has 0 unspecified atom stereocenters. The third-order valence-corrected chi connectivity index (χ3v) is 5.18. The predicted molar refractivity (Wildman–Crippen MR) is 115 cm³/mol. The van der Waals surface area contributed by atoms with Gasteiger partial charge in [-0.2, -0.15) is 0 Å². The Morgan fingerprint density at radius 2 is 0.897 bits per heavy atom. The first kappa shape index (κ1) is 18.6. The first-order chi connectivity index (χ1) is 14.1. The molecule has 0 aliphatic rings. The van der Waals surface area contributed by atoms with Crippen molar-refractivity contribution in [3.05, 3.63) is 125 Å². The lowest BCUT2D eigenvalue weighted by Crippen LogP contribution is -2.11. The quantitative estimate of drug-likeness (QED) is 0.426. The lowest BCUT2D eigenvalue weighted by atomic mass is 9.94. The van der Waals surface area contributed by atoms with Crippen LogP contribution in [0.5, 0.6) is 0 Å². The lowest BCUT2D eigenvalue weighted by molar-refractivity contribution is 0.100. The summed E-state index contributed by atoms with van der Waals surface area (Å²) in [7, 11) is 0. The number of nitrogens with zero attached hydrogens (tertiary/aromatic N) is 1. The smallest absolute Gasteiger partial charge is 0.195 e. The van der Waals surface area contributed by atoms with Gasteiger partial charge in [0.1, 0.15) is 0 Å². The molecular weight excluding hydrogens is 358 g/mol. The Morgan fingerprint density at radius 1 is 0.552 bits per heavy atom. The topological polar surface area (TPSA) is 39.1 Å². The van der Waals surface area contributed by atoms with Crippen LogP contribution >= 0.6 is 0 Å². The van der Waals surface area contributed by atoms with Crippen LogP contribution in [-0.2, 0) is 0 Å². The molecule has 0 amide bonds. The van der Waals surface area contributed by atoms with Crippen molar-refractivity contribution in [1.29, 1.82) is 0 Å². The molecule has 0 N–H and O–H groups in total. The average Bonchev–Trinajstić information content (AvgIpc) is 3.04. The van der Waals surface area contributed by atoms with Gasteiger partial charge in [0.15, 0.2) is 11.6 Å². The summed E-state index contributed by atoms with van der Waals surface area (Å²) in [5.74, 6) is -0.277. The third kappa shape index (κ3) is 3.32. The summed E-state index contributed by atoms with van der Waals surface area (Å²) in [6.07, 6.45) is 0. The molecule has 0 bridgehead atoms. The number of rotatable bonds is 5. The van der Waals surface area contributed by atoms with Crippen molar-refractivity contribution < 1.29 is 9.59 Å². The van der Waals surface area contributed by atoms with E-state index in [0.29, 0.717) is 22.3 Å². The Kier molecular flexibility index (Phi) is 4.96. The highest BCUT2D eigenvalue weighted by Crippen LogP contribution is 2.30. The van der Waals surface area contributed by atoms with Crippen molar-refractivity contribution in [3.63, 3.8) is 0 Å². The summed E-state index contributed by atoms with van der Waals surface area (Å²) >= 11 is 0. The van der Waals surface area contributed by atoms with E-state index in [-0.39, 0.29) is 11.6 Å². The van der Waals surface area contributed by atoms with Crippen LogP contribution in [0.15, 0.2) is 91.0 Å². The zero-order chi connectivity index (χ0) is 20.4. The normalized spacial score (nSPS) is 10.7. The van der Waals surface area contributed by atoms with Crippen LogP contribution in [-0.4, -0.2) is 16.1 Å². The minimum Gasteiger partial charge on any atom is -0.317 e. The Bertz CT molecular complexity index is 1100. The molecule has 4 rings (SSSR count). The van der Waals surface area contributed by atoms with Gasteiger partial charge < -0.3 is 4.57 Å². The van der Waals surface area contributed by atoms with Gasteiger partial charge in [-0.3, -0.25) is 9.59 Å². The lowest BCUT2D eigenvalue weighted by Gasteiger charge is -2.09. The minimum absolute atomic E-state index is 0.139. The SMILES string of the molecule is Cc1c(C(=O)c2ccccc2)c(C(=O)c2ccccc2)c(C)n1-c1ccccc1. The van der Waals surface area contributed by atoms with Crippen LogP contribution in [0.1, 0.15) is 43.2 Å². The Labute approximate surface area is 170 Å². The van der Waals surface area contributed by atoms with Gasteiger partial charge in [0.2, 0.25) is 0 Å². The van der Waals surface area contributed by atoms with Crippen LogP contribution in [0.25, 0.3) is 5.69 Å². The van der Waals surface area contributed by atoms with Crippen LogP contribution in [0.3, 0.4) is 0 Å². The summed E-state index contributed by atoms with van der Waals surface area (Å²) in [4.78, 5) is 26.9. The van der Waals surface area contributed by atoms with Gasteiger partial charge >= 0.3 is 0 Å². The van der Waals surface area contributed by atoms with Crippen molar-refractivity contribution in [2.24, 2.45) is 0 Å². The van der Waals surface area contributed by atoms with Crippen LogP contribution in [0.2, 0.25) is 0 Å². The molecular formula is C26H21NO2. The Hall–Kier alpha value is -3.72. The average molecular weight is 379 g/mol. The monoisotopic (exact) mass is 379 g/mol. The van der Waals surface area contributed by atoms with Crippen LogP contribution < -0.4 is 0 Å². The molecule has 4 aromatic rings. The van der Waals surface area contributed by atoms with E-state index in [1.807, 2.05) is 85.1 Å². The van der Waals surface area contributed by atoms with Gasteiger partial charge in [-0.25, -0.2) is 0 Å². The largest absolute Gasteiger partial charge is 0.317 e. The zero-order valence-corrected chi connectivity index (χ0v) is 16.4. The summed E-state index contributed by atoms with van der Waals surface area (Å²) in [5.41, 5.74) is 4.53. The fraction of sp³-hybridized carbons (Fsp3) is 0.0769. The number of aromatic nitrogens is 1. The molecule has 1 heterocycles. The van der Waals surface area contributed by atoms with E-state index in [0.717, 1.165) is 17.1 Å². The van der Waals surface area contributed by atoms with E-state index in [4.69, 9.17) is 0 Å². The van der Waals surface area contributed by atoms with Gasteiger partial charge in [-0.05, 0) is 26.0 Å². The molecule has 0 aliphatic heterocycles. The molecule has 0 radical (unpaired) electrons. The Morgan fingerprint density at radius 3 is 1.28 bits per heavy atom. The molecule has 29 heavy (non-hydrogen) atoms. The van der Waals surface area contributed by atoms with Gasteiger partial charge in [-0.1, -0.05) is 78.9 Å². The van der Waals surface area contributed by atoms with Crippen molar-refractivity contribution in [2.75, 3.05) is 0 Å². The van der Waals surface area contributed by atoms with Crippen molar-refractivity contribution >= 4 is 11.6 Å². The summed E-state index contributed by atoms with van der Waals surface area (Å²) < 4.78 is 1.99. The molecule has 0 atom stereocenters. The second-order valence-corrected chi connectivity index (χ2v) is 6.98. The van der Waals surface area contributed by atoms with E-state index >= 15 is 0 Å². The molecule has 0 saturated heterocycles. The van der Waals surface area contributed by atoms with Crippen molar-refractivity contribution in [3.8, 4) is 5.69 Å². The fourth-order valence-corrected chi connectivity index (χ4v) is 3.82. The second kappa shape index (κ2) is 7.72. The molecule has 1 aromatic heterocycles. The first-order valence-electron chi connectivity index (χ1n) is 9.56. The van der Waals surface area contributed by atoms with Crippen molar-refractivity contribution in [2.45, 2.75) is 13.8 Å². The van der Waals surface area contributed by atoms with E-state index in [1.165, 1.54) is 0 Å². The number of carbonyl (C=O) groups is 2. The van der Waals surface area contributed by atoms with Gasteiger partial charge in [0.25, 0.3) is 0 Å². The van der Waals surface area contributed by atoms with E-state index in [9.17, 15) is 9.59 Å². The predicted octanol–water partition coefficient (Wildman–Crippen LogP) is 5.56. The molecule has 3 nitrogen and oxygen atoms in total. The number of hydrogen-bond acceptors (Lipinski definition) is 2. The standard InChI is InChI=1S/C26H21NO2/c1-18-23(25(28)20-12-6-3-7-13-20)24(26(29)21-14-8-4-9-15-21)19(2)27(18)22-16-10-5-11-17-22/h3-17H,1-2H3. The second-order valence-electron chi connectivity index (χ2n) is 6.98. The number of benzene rings is 3. The highest BCUT2D eigenvalue weighted by molar-refractivity contribution is 6.21. The maximum atomic E-state index is 13.5. The minimum atomic E-state index is -0.139. The summed E-state index contributed by atoms with van der Waals surface area (Å²) in [5, 5.41) is 0. The maximum absolute atomic E-state index is 13.5. The summed E-state index contributed by atoms with van der Waals surface area (Å²) in [6.45, 7) is 3.80. The first-order valence-corrected chi connectivity index (χ1v) is 9.56. The number of para-hydroxylation sites is 1. The molecule has 3 heteroatoms. The highest BCUT2D eigenvalue weighted by atomic mass is 16.1. The Balaban J connectivity index is 1.98. The third-order valence-electron chi connectivity index (χ3n) is 5.18. The molecule has 0 fully saturated rings. The van der Waals surface area contributed by atoms with E-state index < -0.39 is 0 Å². The molecule has 0 aliphatic carbocycles. The molecule has 0 spiro atoms. The number of ketones is 2. The van der Waals surface area contributed by atoms with Gasteiger partial charge in [0.05, 0.1) is 11.1 Å². The van der Waals surface area contributed by atoms with Gasteiger partial charge in [-0.15, -0.1) is 0 Å². The zero-order valence-electron chi connectivity index (χ0n) is 16.4. The van der Waals surface area contributed by atoms with E-state index in [1.54, 1.807) is 24.3 Å². The highest BCUT2D eigenvalue weighted by Gasteiger charge is 2.29. The molecule has 3 aromatic carbocycles. The molecule has 0 saturated carbocycles. The fourth-order valence-electron chi connectivity index (χ4n) is 3.82. The van der Waals surface area contributed by atoms with Gasteiger partial charge in [0, 0.05) is 28.2 Å². The molecule has 142 valence electrons. The number of carbonyl (C=O) groups excluding carboxylic acids is 2. The van der Waals surface area contributed by atoms with Crippen molar-refractivity contribution in [1.82, 2.24) is 4.57 Å². The van der Waals surface area contributed by atoms with E-state index in [2.05, 4.69) is 0 Å². The maximum Gasteiger partial charge on any atom is 0.195 e. The summed E-state index contributed by atoms with van der Waals surface area (Å²) in [6, 6.07) is 28.0. The van der Waals surface area contributed by atoms with Crippen LogP contribution in [0, 0.1) is 13.8 Å². The van der Waals surface area contributed by atoms with Crippen LogP contribution in [0.4, 0.5) is 0 Å². The number of hydrogen-bond donors (Lipinski definition) is 0.